The number of aromatic nitrogens is 1. The monoisotopic (exact) mass is 340 g/mol. The van der Waals surface area contributed by atoms with Crippen molar-refractivity contribution in [2.75, 3.05) is 26.8 Å². The smallest absolute Gasteiger partial charge is 0.387 e. The number of benzene rings is 1. The molecule has 6 nitrogen and oxygen atoms in total. The summed E-state index contributed by atoms with van der Waals surface area (Å²) < 4.78 is 44.7. The number of rotatable bonds is 6. The van der Waals surface area contributed by atoms with E-state index >= 15 is 0 Å². The highest BCUT2D eigenvalue weighted by molar-refractivity contribution is 5.29. The Morgan fingerprint density at radius 2 is 2.12 bits per heavy atom. The van der Waals surface area contributed by atoms with Gasteiger partial charge in [0.2, 0.25) is 0 Å². The molecule has 1 fully saturated rings. The van der Waals surface area contributed by atoms with Gasteiger partial charge in [-0.15, -0.1) is 0 Å². The van der Waals surface area contributed by atoms with E-state index in [4.69, 9.17) is 14.0 Å². The van der Waals surface area contributed by atoms with Crippen LogP contribution in [-0.2, 0) is 11.3 Å². The van der Waals surface area contributed by atoms with Crippen molar-refractivity contribution in [2.24, 2.45) is 0 Å². The molecule has 2 heterocycles. The van der Waals surface area contributed by atoms with Gasteiger partial charge in [-0.2, -0.15) is 8.78 Å². The minimum Gasteiger partial charge on any atom is -0.479 e. The summed E-state index contributed by atoms with van der Waals surface area (Å²) in [5, 5.41) is 3.78. The van der Waals surface area contributed by atoms with Gasteiger partial charge < -0.3 is 18.7 Å². The van der Waals surface area contributed by atoms with Crippen molar-refractivity contribution >= 4 is 0 Å². The van der Waals surface area contributed by atoms with Crippen molar-refractivity contribution in [2.45, 2.75) is 19.3 Å². The number of alkyl halides is 2. The van der Waals surface area contributed by atoms with E-state index in [1.165, 1.54) is 19.2 Å². The van der Waals surface area contributed by atoms with E-state index in [0.717, 1.165) is 12.1 Å². The lowest BCUT2D eigenvalue weighted by atomic mass is 10.1. The maximum atomic E-state index is 12.2. The van der Waals surface area contributed by atoms with Crippen molar-refractivity contribution in [1.82, 2.24) is 10.1 Å². The first-order valence-electron chi connectivity index (χ1n) is 7.52. The molecule has 0 aliphatic carbocycles. The van der Waals surface area contributed by atoms with Gasteiger partial charge in [0, 0.05) is 19.2 Å². The topological polar surface area (TPSA) is 57.0 Å². The first kappa shape index (κ1) is 16.7. The van der Waals surface area contributed by atoms with Gasteiger partial charge in [-0.1, -0.05) is 12.1 Å². The summed E-state index contributed by atoms with van der Waals surface area (Å²) >= 11 is 0. The second-order valence-electron chi connectivity index (χ2n) is 5.38. The number of hydrogen-bond acceptors (Lipinski definition) is 6. The fourth-order valence-corrected chi connectivity index (χ4v) is 2.60. The number of morpholine rings is 1. The van der Waals surface area contributed by atoms with Crippen LogP contribution >= 0.6 is 0 Å². The summed E-state index contributed by atoms with van der Waals surface area (Å²) in [5.74, 6) is 1.30. The van der Waals surface area contributed by atoms with Gasteiger partial charge in [-0.3, -0.25) is 4.90 Å². The Kier molecular flexibility index (Phi) is 5.27. The quantitative estimate of drug-likeness (QED) is 0.806. The standard InChI is InChI=1S/C16H18F2N2O4/c1-21-15-8-13(24-19-15)9-20-6-7-22-14(10-20)11-2-4-12(5-3-11)23-16(17)18/h2-5,8,14,16H,6-7,9-10H2,1H3. The van der Waals surface area contributed by atoms with Gasteiger partial charge >= 0.3 is 6.61 Å². The van der Waals surface area contributed by atoms with E-state index in [0.29, 0.717) is 31.3 Å². The lowest BCUT2D eigenvalue weighted by molar-refractivity contribution is -0.0500. The lowest BCUT2D eigenvalue weighted by Crippen LogP contribution is -2.37. The summed E-state index contributed by atoms with van der Waals surface area (Å²) in [6, 6.07) is 8.27. The fraction of sp³-hybridized carbons (Fsp3) is 0.438. The predicted octanol–water partition coefficient (Wildman–Crippen LogP) is 2.86. The second-order valence-corrected chi connectivity index (χ2v) is 5.38. The largest absolute Gasteiger partial charge is 0.479 e. The minimum absolute atomic E-state index is 0.134. The van der Waals surface area contributed by atoms with Crippen LogP contribution in [0.25, 0.3) is 0 Å². The third kappa shape index (κ3) is 4.21. The van der Waals surface area contributed by atoms with Gasteiger partial charge in [-0.05, 0) is 22.9 Å². The van der Waals surface area contributed by atoms with Gasteiger partial charge in [-0.25, -0.2) is 0 Å². The van der Waals surface area contributed by atoms with Crippen LogP contribution in [0.5, 0.6) is 11.6 Å². The zero-order valence-electron chi connectivity index (χ0n) is 13.2. The molecule has 1 aromatic carbocycles. The van der Waals surface area contributed by atoms with Gasteiger partial charge in [0.25, 0.3) is 5.88 Å². The van der Waals surface area contributed by atoms with Gasteiger partial charge in [0.05, 0.1) is 26.4 Å². The number of nitrogens with zero attached hydrogens (tertiary/aromatic N) is 2. The van der Waals surface area contributed by atoms with Crippen LogP contribution in [0.1, 0.15) is 17.4 Å². The fourth-order valence-electron chi connectivity index (χ4n) is 2.60. The van der Waals surface area contributed by atoms with Crippen LogP contribution in [0, 0.1) is 0 Å². The molecule has 2 aromatic rings. The average Bonchev–Trinajstić information content (AvgIpc) is 3.03. The van der Waals surface area contributed by atoms with E-state index in [-0.39, 0.29) is 11.9 Å². The van der Waals surface area contributed by atoms with E-state index in [9.17, 15) is 8.78 Å². The molecule has 1 aromatic heterocycles. The van der Waals surface area contributed by atoms with E-state index in [1.54, 1.807) is 18.2 Å². The molecule has 1 atom stereocenters. The summed E-state index contributed by atoms with van der Waals surface area (Å²) in [7, 11) is 1.54. The van der Waals surface area contributed by atoms with E-state index < -0.39 is 6.61 Å². The van der Waals surface area contributed by atoms with Crippen molar-refractivity contribution in [1.29, 1.82) is 0 Å². The Labute approximate surface area is 137 Å². The molecule has 0 saturated carbocycles. The first-order chi connectivity index (χ1) is 11.6. The van der Waals surface area contributed by atoms with Crippen LogP contribution in [0.2, 0.25) is 0 Å². The Hall–Kier alpha value is -2.19. The molecule has 0 N–H and O–H groups in total. The molecule has 1 aliphatic rings. The molecular formula is C16H18F2N2O4. The normalized spacial score (nSPS) is 18.8. The molecule has 0 radical (unpaired) electrons. The molecule has 0 amide bonds. The molecule has 3 rings (SSSR count). The zero-order valence-corrected chi connectivity index (χ0v) is 13.2. The van der Waals surface area contributed by atoms with Gasteiger partial charge in [0.1, 0.15) is 5.75 Å². The van der Waals surface area contributed by atoms with Crippen LogP contribution < -0.4 is 9.47 Å². The predicted molar refractivity (Wildman–Crippen MR) is 80.1 cm³/mol. The van der Waals surface area contributed by atoms with Crippen LogP contribution in [0.4, 0.5) is 8.78 Å². The molecule has 1 aliphatic heterocycles. The minimum atomic E-state index is -2.82. The molecule has 1 saturated heterocycles. The highest BCUT2D eigenvalue weighted by Gasteiger charge is 2.23. The van der Waals surface area contributed by atoms with Crippen LogP contribution in [0.3, 0.4) is 0 Å². The molecule has 1 unspecified atom stereocenters. The molecule has 0 spiro atoms. The highest BCUT2D eigenvalue weighted by atomic mass is 19.3. The number of halogens is 2. The van der Waals surface area contributed by atoms with Crippen LogP contribution in [-0.4, -0.2) is 43.5 Å². The maximum Gasteiger partial charge on any atom is 0.387 e. The molecule has 8 heteroatoms. The third-order valence-corrected chi connectivity index (χ3v) is 3.75. The lowest BCUT2D eigenvalue weighted by Gasteiger charge is -2.32. The zero-order chi connectivity index (χ0) is 16.9. The maximum absolute atomic E-state index is 12.2. The van der Waals surface area contributed by atoms with Crippen LogP contribution in [0.15, 0.2) is 34.9 Å². The third-order valence-electron chi connectivity index (χ3n) is 3.75. The summed E-state index contributed by atoms with van der Waals surface area (Å²) in [5.41, 5.74) is 0.913. The van der Waals surface area contributed by atoms with Crippen molar-refractivity contribution in [3.8, 4) is 11.6 Å². The Bertz CT molecular complexity index is 648. The van der Waals surface area contributed by atoms with E-state index in [2.05, 4.69) is 14.8 Å². The average molecular weight is 340 g/mol. The molecule has 130 valence electrons. The number of hydrogen-bond donors (Lipinski definition) is 0. The Morgan fingerprint density at radius 1 is 1.33 bits per heavy atom. The van der Waals surface area contributed by atoms with Crippen molar-refractivity contribution in [3.63, 3.8) is 0 Å². The van der Waals surface area contributed by atoms with Gasteiger partial charge in [0.15, 0.2) is 5.76 Å². The second kappa shape index (κ2) is 7.59. The Morgan fingerprint density at radius 3 is 2.79 bits per heavy atom. The first-order valence-corrected chi connectivity index (χ1v) is 7.52. The SMILES string of the molecule is COc1cc(CN2CCOC(c3ccc(OC(F)F)cc3)C2)on1. The van der Waals surface area contributed by atoms with E-state index in [1.807, 2.05) is 0 Å². The summed E-state index contributed by atoms with van der Waals surface area (Å²) in [4.78, 5) is 2.18. The van der Waals surface area contributed by atoms with Crippen molar-refractivity contribution in [3.05, 3.63) is 41.7 Å². The molecule has 0 bridgehead atoms. The highest BCUT2D eigenvalue weighted by Crippen LogP contribution is 2.26. The summed E-state index contributed by atoms with van der Waals surface area (Å²) in [6.07, 6.45) is -0.135. The molecular weight excluding hydrogens is 322 g/mol. The van der Waals surface area contributed by atoms with Crippen molar-refractivity contribution < 1.29 is 27.5 Å². The summed E-state index contributed by atoms with van der Waals surface area (Å²) in [6.45, 7) is -0.214. The number of methoxy groups -OCH3 is 1. The Balaban J connectivity index is 1.60. The molecule has 24 heavy (non-hydrogen) atoms. The number of ether oxygens (including phenoxy) is 3.